The molecule has 1 saturated heterocycles. The molecule has 1 fully saturated rings. The maximum atomic E-state index is 5.34. The molecule has 1 heterocycles. The van der Waals surface area contributed by atoms with Crippen LogP contribution in [0.4, 0.5) is 0 Å². The van der Waals surface area contributed by atoms with Crippen LogP contribution in [0.1, 0.15) is 41.0 Å². The van der Waals surface area contributed by atoms with E-state index in [0.29, 0.717) is 24.0 Å². The van der Waals surface area contributed by atoms with Gasteiger partial charge in [-0.3, -0.25) is 4.90 Å². The van der Waals surface area contributed by atoms with Crippen molar-refractivity contribution in [1.29, 1.82) is 0 Å². The molecule has 108 valence electrons. The number of rotatable bonds is 6. The van der Waals surface area contributed by atoms with Gasteiger partial charge in [-0.15, -0.1) is 0 Å². The van der Waals surface area contributed by atoms with E-state index in [9.17, 15) is 0 Å². The minimum Gasteiger partial charge on any atom is -0.383 e. The second-order valence-corrected chi connectivity index (χ2v) is 6.21. The average Bonchev–Trinajstić information content (AvgIpc) is 2.37. The zero-order valence-corrected chi connectivity index (χ0v) is 13.1. The van der Waals surface area contributed by atoms with Gasteiger partial charge >= 0.3 is 0 Å². The van der Waals surface area contributed by atoms with Crippen molar-refractivity contribution in [3.05, 3.63) is 0 Å². The number of methoxy groups -OCH3 is 1. The first-order valence-electron chi connectivity index (χ1n) is 7.49. The summed E-state index contributed by atoms with van der Waals surface area (Å²) in [6, 6.07) is 1.77. The SMILES string of the molecule is CCC(C)C1CN(C(C)COC)C(C(C)C)CN1. The Bertz CT molecular complexity index is 233. The Morgan fingerprint density at radius 1 is 1.28 bits per heavy atom. The third-order valence-electron chi connectivity index (χ3n) is 4.50. The lowest BCUT2D eigenvalue weighted by atomic mass is 9.91. The molecular formula is C15H32N2O. The second kappa shape index (κ2) is 7.46. The first-order chi connectivity index (χ1) is 8.51. The van der Waals surface area contributed by atoms with Crippen LogP contribution in [-0.4, -0.2) is 49.8 Å². The highest BCUT2D eigenvalue weighted by molar-refractivity contribution is 4.91. The van der Waals surface area contributed by atoms with Crippen molar-refractivity contribution in [2.75, 3.05) is 26.8 Å². The number of hydrogen-bond donors (Lipinski definition) is 1. The number of piperazine rings is 1. The fourth-order valence-corrected chi connectivity index (χ4v) is 2.94. The first kappa shape index (κ1) is 15.9. The highest BCUT2D eigenvalue weighted by Gasteiger charge is 2.34. The normalized spacial score (nSPS) is 29.5. The molecule has 0 aromatic carbocycles. The highest BCUT2D eigenvalue weighted by atomic mass is 16.5. The molecular weight excluding hydrogens is 224 g/mol. The average molecular weight is 256 g/mol. The van der Waals surface area contributed by atoms with Gasteiger partial charge in [0.15, 0.2) is 0 Å². The van der Waals surface area contributed by atoms with Crippen LogP contribution in [0.15, 0.2) is 0 Å². The van der Waals surface area contributed by atoms with Crippen LogP contribution in [0.2, 0.25) is 0 Å². The van der Waals surface area contributed by atoms with E-state index in [0.717, 1.165) is 25.6 Å². The van der Waals surface area contributed by atoms with Gasteiger partial charge in [0.2, 0.25) is 0 Å². The van der Waals surface area contributed by atoms with Gasteiger partial charge in [0.05, 0.1) is 6.61 Å². The molecule has 1 aliphatic rings. The van der Waals surface area contributed by atoms with E-state index in [1.165, 1.54) is 6.42 Å². The van der Waals surface area contributed by atoms with Gasteiger partial charge in [-0.2, -0.15) is 0 Å². The zero-order chi connectivity index (χ0) is 13.7. The van der Waals surface area contributed by atoms with Crippen LogP contribution < -0.4 is 5.32 Å². The summed E-state index contributed by atoms with van der Waals surface area (Å²) in [5.41, 5.74) is 0. The summed E-state index contributed by atoms with van der Waals surface area (Å²) in [4.78, 5) is 2.65. The Kier molecular flexibility index (Phi) is 6.61. The lowest BCUT2D eigenvalue weighted by Gasteiger charge is -2.46. The third-order valence-corrected chi connectivity index (χ3v) is 4.50. The summed E-state index contributed by atoms with van der Waals surface area (Å²) in [5, 5.41) is 3.75. The van der Waals surface area contributed by atoms with Crippen LogP contribution >= 0.6 is 0 Å². The van der Waals surface area contributed by atoms with E-state index in [4.69, 9.17) is 4.74 Å². The molecule has 1 N–H and O–H groups in total. The molecule has 0 spiro atoms. The first-order valence-corrected chi connectivity index (χ1v) is 7.49. The predicted molar refractivity (Wildman–Crippen MR) is 77.9 cm³/mol. The van der Waals surface area contributed by atoms with Gasteiger partial charge in [0, 0.05) is 38.3 Å². The van der Waals surface area contributed by atoms with Gasteiger partial charge in [-0.1, -0.05) is 34.1 Å². The predicted octanol–water partition coefficient (Wildman–Crippen LogP) is 2.37. The molecule has 0 radical (unpaired) electrons. The Morgan fingerprint density at radius 3 is 2.44 bits per heavy atom. The Morgan fingerprint density at radius 2 is 1.94 bits per heavy atom. The van der Waals surface area contributed by atoms with E-state index >= 15 is 0 Å². The fraction of sp³-hybridized carbons (Fsp3) is 1.00. The Hall–Kier alpha value is -0.120. The Balaban J connectivity index is 2.69. The number of nitrogens with zero attached hydrogens (tertiary/aromatic N) is 1. The minimum atomic E-state index is 0.510. The lowest BCUT2D eigenvalue weighted by Crippen LogP contribution is -2.62. The van der Waals surface area contributed by atoms with Crippen molar-refractivity contribution in [3.63, 3.8) is 0 Å². The molecule has 3 nitrogen and oxygen atoms in total. The van der Waals surface area contributed by atoms with Gasteiger partial charge in [-0.25, -0.2) is 0 Å². The van der Waals surface area contributed by atoms with E-state index in [1.807, 2.05) is 0 Å². The molecule has 0 aliphatic carbocycles. The lowest BCUT2D eigenvalue weighted by molar-refractivity contribution is 0.0160. The van der Waals surface area contributed by atoms with E-state index in [2.05, 4.69) is 44.8 Å². The number of nitrogens with one attached hydrogen (secondary N) is 1. The standard InChI is InChI=1S/C15H32N2O/c1-7-12(4)14-9-17(13(5)10-18-6)15(8-16-14)11(2)3/h11-16H,7-10H2,1-6H3. The summed E-state index contributed by atoms with van der Waals surface area (Å²) in [5.74, 6) is 1.44. The van der Waals surface area contributed by atoms with Crippen LogP contribution in [0.3, 0.4) is 0 Å². The maximum Gasteiger partial charge on any atom is 0.0615 e. The van der Waals surface area contributed by atoms with Crippen LogP contribution in [0.5, 0.6) is 0 Å². The fourth-order valence-electron chi connectivity index (χ4n) is 2.94. The molecule has 3 heteroatoms. The number of hydrogen-bond acceptors (Lipinski definition) is 3. The van der Waals surface area contributed by atoms with E-state index < -0.39 is 0 Å². The molecule has 0 aromatic heterocycles. The van der Waals surface area contributed by atoms with Crippen molar-refractivity contribution in [2.24, 2.45) is 11.8 Å². The van der Waals surface area contributed by atoms with Gasteiger partial charge < -0.3 is 10.1 Å². The molecule has 0 saturated carbocycles. The maximum absolute atomic E-state index is 5.34. The van der Waals surface area contributed by atoms with Crippen LogP contribution in [0, 0.1) is 11.8 Å². The molecule has 0 bridgehead atoms. The molecule has 0 aromatic rings. The third kappa shape index (κ3) is 3.94. The smallest absolute Gasteiger partial charge is 0.0615 e. The quantitative estimate of drug-likeness (QED) is 0.789. The van der Waals surface area contributed by atoms with E-state index in [-0.39, 0.29) is 0 Å². The van der Waals surface area contributed by atoms with E-state index in [1.54, 1.807) is 7.11 Å². The molecule has 4 atom stereocenters. The highest BCUT2D eigenvalue weighted by Crippen LogP contribution is 2.22. The molecule has 18 heavy (non-hydrogen) atoms. The molecule has 0 amide bonds. The topological polar surface area (TPSA) is 24.5 Å². The zero-order valence-electron chi connectivity index (χ0n) is 13.1. The van der Waals surface area contributed by atoms with Crippen molar-refractivity contribution in [3.8, 4) is 0 Å². The van der Waals surface area contributed by atoms with Crippen molar-refractivity contribution in [2.45, 2.75) is 59.2 Å². The van der Waals surface area contributed by atoms with Gasteiger partial charge in [0.25, 0.3) is 0 Å². The monoisotopic (exact) mass is 256 g/mol. The second-order valence-electron chi connectivity index (χ2n) is 6.21. The number of ether oxygens (including phenoxy) is 1. The molecule has 1 rings (SSSR count). The molecule has 4 unspecified atom stereocenters. The van der Waals surface area contributed by atoms with Crippen molar-refractivity contribution >= 4 is 0 Å². The summed E-state index contributed by atoms with van der Waals surface area (Å²) >= 11 is 0. The van der Waals surface area contributed by atoms with Crippen molar-refractivity contribution in [1.82, 2.24) is 10.2 Å². The van der Waals surface area contributed by atoms with Crippen molar-refractivity contribution < 1.29 is 4.74 Å². The van der Waals surface area contributed by atoms with Crippen LogP contribution in [-0.2, 0) is 4.74 Å². The summed E-state index contributed by atoms with van der Waals surface area (Å²) < 4.78 is 5.34. The van der Waals surface area contributed by atoms with Gasteiger partial charge in [-0.05, 0) is 18.8 Å². The molecule has 1 aliphatic heterocycles. The summed E-state index contributed by atoms with van der Waals surface area (Å²) in [6.07, 6.45) is 1.25. The van der Waals surface area contributed by atoms with Crippen LogP contribution in [0.25, 0.3) is 0 Å². The minimum absolute atomic E-state index is 0.510. The summed E-state index contributed by atoms with van der Waals surface area (Å²) in [7, 11) is 1.80. The summed E-state index contributed by atoms with van der Waals surface area (Å²) in [6.45, 7) is 14.7. The Labute approximate surface area is 113 Å². The van der Waals surface area contributed by atoms with Gasteiger partial charge in [0.1, 0.15) is 0 Å². The largest absolute Gasteiger partial charge is 0.383 e.